The number of amides is 1. The number of hydrogen-bond donors (Lipinski definition) is 2. The van der Waals surface area contributed by atoms with Crippen molar-refractivity contribution in [3.8, 4) is 45.1 Å². The van der Waals surface area contributed by atoms with Crippen LogP contribution >= 0.6 is 22.7 Å². The number of nitrogens with zero attached hydrogens (tertiary/aromatic N) is 2. The predicted molar refractivity (Wildman–Crippen MR) is 164 cm³/mol. The van der Waals surface area contributed by atoms with E-state index in [2.05, 4.69) is 10.3 Å². The van der Waals surface area contributed by atoms with Crippen molar-refractivity contribution >= 4 is 49.6 Å². The van der Waals surface area contributed by atoms with Crippen molar-refractivity contribution in [3.63, 3.8) is 0 Å². The lowest BCUT2D eigenvalue weighted by molar-refractivity contribution is 0.103. The zero-order valence-electron chi connectivity index (χ0n) is 21.7. The standard InChI is InChI=1S/C31H24N4O3S2/c1-37-21-13-11-18(12-14-21)23-16-24(19-7-4-3-5-8-19)33-30-26(23)27(32)28(40-30)29(36)35-31-34-25(17-39-31)20-9-6-10-22(15-20)38-2/h3-17H,32H2,1-2H3,(H,34,35,36). The summed E-state index contributed by atoms with van der Waals surface area (Å²) in [7, 11) is 3.26. The Morgan fingerprint density at radius 3 is 2.30 bits per heavy atom. The molecule has 6 aromatic rings. The first-order valence-electron chi connectivity index (χ1n) is 12.4. The number of hydrogen-bond acceptors (Lipinski definition) is 8. The number of pyridine rings is 1. The average Bonchev–Trinajstić information content (AvgIpc) is 3.61. The molecule has 1 amide bonds. The van der Waals surface area contributed by atoms with Crippen LogP contribution in [0.15, 0.2) is 90.3 Å². The number of rotatable bonds is 7. The molecule has 6 rings (SSSR count). The molecule has 40 heavy (non-hydrogen) atoms. The maximum Gasteiger partial charge on any atom is 0.269 e. The van der Waals surface area contributed by atoms with Crippen LogP contribution in [0, 0.1) is 0 Å². The number of carbonyl (C=O) groups excluding carboxylic acids is 1. The quantitative estimate of drug-likeness (QED) is 0.207. The Bertz CT molecular complexity index is 1830. The third-order valence-electron chi connectivity index (χ3n) is 6.47. The molecule has 198 valence electrons. The third kappa shape index (κ3) is 4.88. The summed E-state index contributed by atoms with van der Waals surface area (Å²) in [6.07, 6.45) is 0. The van der Waals surface area contributed by atoms with E-state index in [1.54, 1.807) is 14.2 Å². The smallest absolute Gasteiger partial charge is 0.269 e. The Hall–Kier alpha value is -4.73. The van der Waals surface area contributed by atoms with Crippen molar-refractivity contribution in [2.45, 2.75) is 0 Å². The summed E-state index contributed by atoms with van der Waals surface area (Å²) >= 11 is 2.62. The minimum atomic E-state index is -0.325. The van der Waals surface area contributed by atoms with Crippen LogP contribution in [-0.2, 0) is 0 Å². The number of carbonyl (C=O) groups is 1. The average molecular weight is 565 g/mol. The molecule has 0 saturated heterocycles. The number of methoxy groups -OCH3 is 2. The third-order valence-corrected chi connectivity index (χ3v) is 8.32. The van der Waals surface area contributed by atoms with Gasteiger partial charge in [0.15, 0.2) is 5.13 Å². The lowest BCUT2D eigenvalue weighted by atomic mass is 9.99. The highest BCUT2D eigenvalue weighted by Crippen LogP contribution is 2.42. The van der Waals surface area contributed by atoms with Gasteiger partial charge < -0.3 is 15.2 Å². The van der Waals surface area contributed by atoms with E-state index >= 15 is 0 Å². The number of anilines is 2. The Morgan fingerprint density at radius 1 is 0.800 bits per heavy atom. The first kappa shape index (κ1) is 25.5. The molecule has 0 spiro atoms. The van der Waals surface area contributed by atoms with E-state index in [1.807, 2.05) is 90.3 Å². The fourth-order valence-corrected chi connectivity index (χ4v) is 6.17. The maximum absolute atomic E-state index is 13.5. The number of thiophene rings is 1. The summed E-state index contributed by atoms with van der Waals surface area (Å²) in [5.41, 5.74) is 12.3. The molecule has 0 saturated carbocycles. The second-order valence-electron chi connectivity index (χ2n) is 8.90. The molecule has 9 heteroatoms. The summed E-state index contributed by atoms with van der Waals surface area (Å²) < 4.78 is 10.7. The lowest BCUT2D eigenvalue weighted by Gasteiger charge is -2.09. The van der Waals surface area contributed by atoms with Crippen molar-refractivity contribution in [2.75, 3.05) is 25.3 Å². The molecule has 0 aliphatic heterocycles. The monoisotopic (exact) mass is 564 g/mol. The van der Waals surface area contributed by atoms with Gasteiger partial charge in [-0.15, -0.1) is 22.7 Å². The zero-order chi connectivity index (χ0) is 27.6. The number of fused-ring (bicyclic) bond motifs is 1. The van der Waals surface area contributed by atoms with E-state index < -0.39 is 0 Å². The molecule has 3 heterocycles. The molecule has 0 atom stereocenters. The minimum Gasteiger partial charge on any atom is -0.497 e. The van der Waals surface area contributed by atoms with Crippen LogP contribution < -0.4 is 20.5 Å². The van der Waals surface area contributed by atoms with Crippen LogP contribution in [0.25, 0.3) is 43.9 Å². The zero-order valence-corrected chi connectivity index (χ0v) is 23.3. The van der Waals surface area contributed by atoms with Crippen molar-refractivity contribution in [1.29, 1.82) is 0 Å². The van der Waals surface area contributed by atoms with Crippen molar-refractivity contribution in [3.05, 3.63) is 95.2 Å². The van der Waals surface area contributed by atoms with Crippen LogP contribution in [0.3, 0.4) is 0 Å². The van der Waals surface area contributed by atoms with Gasteiger partial charge >= 0.3 is 0 Å². The number of aromatic nitrogens is 2. The van der Waals surface area contributed by atoms with E-state index in [0.717, 1.165) is 50.5 Å². The number of ether oxygens (including phenoxy) is 2. The summed E-state index contributed by atoms with van der Waals surface area (Å²) in [5.74, 6) is 1.17. The van der Waals surface area contributed by atoms with Crippen molar-refractivity contribution in [1.82, 2.24) is 9.97 Å². The van der Waals surface area contributed by atoms with Gasteiger partial charge in [0, 0.05) is 21.9 Å². The Kier molecular flexibility index (Phi) is 6.90. The number of nitrogen functional groups attached to an aromatic ring is 1. The molecule has 0 unspecified atom stereocenters. The van der Waals surface area contributed by atoms with E-state index in [4.69, 9.17) is 20.2 Å². The Labute approximate surface area is 238 Å². The van der Waals surface area contributed by atoms with E-state index in [0.29, 0.717) is 20.5 Å². The van der Waals surface area contributed by atoms with Crippen LogP contribution in [0.1, 0.15) is 9.67 Å². The summed E-state index contributed by atoms with van der Waals surface area (Å²) in [5, 5.41) is 6.05. The van der Waals surface area contributed by atoms with E-state index in [9.17, 15) is 4.79 Å². The largest absolute Gasteiger partial charge is 0.497 e. The molecule has 0 radical (unpaired) electrons. The van der Waals surface area contributed by atoms with E-state index in [1.165, 1.54) is 22.7 Å². The van der Waals surface area contributed by atoms with Gasteiger partial charge in [0.1, 0.15) is 21.2 Å². The number of benzene rings is 3. The second kappa shape index (κ2) is 10.8. The van der Waals surface area contributed by atoms with Gasteiger partial charge in [-0.2, -0.15) is 0 Å². The van der Waals surface area contributed by atoms with Gasteiger partial charge in [-0.3, -0.25) is 10.1 Å². The Morgan fingerprint density at radius 2 is 1.55 bits per heavy atom. The molecule has 7 nitrogen and oxygen atoms in total. The van der Waals surface area contributed by atoms with Crippen LogP contribution in [-0.4, -0.2) is 30.1 Å². The summed E-state index contributed by atoms with van der Waals surface area (Å²) in [6.45, 7) is 0. The fourth-order valence-electron chi connectivity index (χ4n) is 4.44. The van der Waals surface area contributed by atoms with Gasteiger partial charge in [-0.1, -0.05) is 54.6 Å². The molecular weight excluding hydrogens is 541 g/mol. The topological polar surface area (TPSA) is 99.4 Å². The fraction of sp³-hybridized carbons (Fsp3) is 0.0645. The molecule has 0 aliphatic rings. The minimum absolute atomic E-state index is 0.325. The predicted octanol–water partition coefficient (Wildman–Crippen LogP) is 7.61. The van der Waals surface area contributed by atoms with Crippen molar-refractivity contribution in [2.24, 2.45) is 0 Å². The van der Waals surface area contributed by atoms with Crippen molar-refractivity contribution < 1.29 is 14.3 Å². The van der Waals surface area contributed by atoms with Crippen LogP contribution in [0.2, 0.25) is 0 Å². The second-order valence-corrected chi connectivity index (χ2v) is 10.8. The highest BCUT2D eigenvalue weighted by molar-refractivity contribution is 7.21. The molecule has 3 N–H and O–H groups in total. The van der Waals surface area contributed by atoms with Gasteiger partial charge in [0.05, 0.1) is 31.3 Å². The van der Waals surface area contributed by atoms with Gasteiger partial charge in [0.2, 0.25) is 0 Å². The maximum atomic E-state index is 13.5. The van der Waals surface area contributed by atoms with Crippen LogP contribution in [0.5, 0.6) is 11.5 Å². The molecular formula is C31H24N4O3S2. The normalized spacial score (nSPS) is 10.9. The van der Waals surface area contributed by atoms with Gasteiger partial charge in [0.25, 0.3) is 5.91 Å². The number of nitrogens with one attached hydrogen (secondary N) is 1. The number of thiazole rings is 1. The first-order valence-corrected chi connectivity index (χ1v) is 14.1. The Balaban J connectivity index is 1.39. The SMILES string of the molecule is COc1ccc(-c2cc(-c3ccccc3)nc3sc(C(=O)Nc4nc(-c5cccc(OC)c5)cs4)c(N)c23)cc1. The first-order chi connectivity index (χ1) is 19.5. The van der Waals surface area contributed by atoms with Crippen LogP contribution in [0.4, 0.5) is 10.8 Å². The highest BCUT2D eigenvalue weighted by Gasteiger charge is 2.22. The molecule has 0 bridgehead atoms. The van der Waals surface area contributed by atoms with E-state index in [-0.39, 0.29) is 5.91 Å². The molecule has 0 aliphatic carbocycles. The summed E-state index contributed by atoms with van der Waals surface area (Å²) in [6, 6.07) is 27.4. The van der Waals surface area contributed by atoms with Gasteiger partial charge in [-0.25, -0.2) is 9.97 Å². The molecule has 3 aromatic carbocycles. The molecule has 3 aromatic heterocycles. The highest BCUT2D eigenvalue weighted by atomic mass is 32.1. The summed E-state index contributed by atoms with van der Waals surface area (Å²) in [4.78, 5) is 24.0. The molecule has 0 fully saturated rings. The lowest BCUT2D eigenvalue weighted by Crippen LogP contribution is -2.11. The number of nitrogens with two attached hydrogens (primary N) is 1. The van der Waals surface area contributed by atoms with Gasteiger partial charge in [-0.05, 0) is 41.5 Å².